The van der Waals surface area contributed by atoms with Crippen LogP contribution in [0.25, 0.3) is 0 Å². The molecule has 1 nitrogen and oxygen atoms in total. The number of hydrogen-bond acceptors (Lipinski definition) is 1. The molecule has 0 amide bonds. The average molecular weight is 203 g/mol. The van der Waals surface area contributed by atoms with Crippen LogP contribution in [0.4, 0.5) is 0 Å². The van der Waals surface area contributed by atoms with Gasteiger partial charge in [0.15, 0.2) is 0 Å². The van der Waals surface area contributed by atoms with Crippen molar-refractivity contribution in [2.45, 2.75) is 13.3 Å². The van der Waals surface area contributed by atoms with Gasteiger partial charge in [-0.3, -0.25) is 4.79 Å². The van der Waals surface area contributed by atoms with Gasteiger partial charge < -0.3 is 0 Å². The molecule has 0 aromatic heterocycles. The fraction of sp³-hybridized carbons (Fsp3) is 0.222. The highest BCUT2D eigenvalue weighted by molar-refractivity contribution is 6.34. The van der Waals surface area contributed by atoms with E-state index >= 15 is 0 Å². The van der Waals surface area contributed by atoms with Crippen LogP contribution in [-0.2, 0) is 11.2 Å². The molecular formula is C9H8Cl2O. The molecule has 0 fully saturated rings. The van der Waals surface area contributed by atoms with E-state index in [-0.39, 0.29) is 5.78 Å². The highest BCUT2D eigenvalue weighted by Gasteiger charge is 2.00. The van der Waals surface area contributed by atoms with E-state index in [1.807, 2.05) is 0 Å². The van der Waals surface area contributed by atoms with Gasteiger partial charge in [0.2, 0.25) is 0 Å². The molecule has 1 aromatic carbocycles. The average Bonchev–Trinajstić information content (AvgIpc) is 1.81. The van der Waals surface area contributed by atoms with Crippen LogP contribution in [0.15, 0.2) is 18.2 Å². The van der Waals surface area contributed by atoms with Gasteiger partial charge in [0, 0.05) is 16.5 Å². The van der Waals surface area contributed by atoms with Crippen molar-refractivity contribution in [2.75, 3.05) is 0 Å². The third-order valence-corrected chi connectivity index (χ3v) is 1.81. The van der Waals surface area contributed by atoms with Crippen LogP contribution in [0.1, 0.15) is 12.5 Å². The number of carbonyl (C=O) groups is 1. The first-order valence-electron chi connectivity index (χ1n) is 3.52. The molecule has 12 heavy (non-hydrogen) atoms. The first kappa shape index (κ1) is 9.56. The van der Waals surface area contributed by atoms with E-state index in [0.29, 0.717) is 16.5 Å². The summed E-state index contributed by atoms with van der Waals surface area (Å²) in [5.74, 6) is 0.105. The molecule has 0 N–H and O–H groups in total. The normalized spacial score (nSPS) is 9.92. The molecule has 64 valence electrons. The molecule has 0 aliphatic rings. The van der Waals surface area contributed by atoms with Gasteiger partial charge in [-0.25, -0.2) is 0 Å². The lowest BCUT2D eigenvalue weighted by atomic mass is 10.1. The third-order valence-electron chi connectivity index (χ3n) is 1.38. The van der Waals surface area contributed by atoms with E-state index in [9.17, 15) is 4.79 Å². The van der Waals surface area contributed by atoms with E-state index < -0.39 is 0 Å². The van der Waals surface area contributed by atoms with Gasteiger partial charge in [0.25, 0.3) is 0 Å². The van der Waals surface area contributed by atoms with Gasteiger partial charge in [-0.1, -0.05) is 23.2 Å². The maximum absolute atomic E-state index is 10.7. The summed E-state index contributed by atoms with van der Waals surface area (Å²) in [6.45, 7) is 1.54. The Morgan fingerprint density at radius 3 is 2.17 bits per heavy atom. The number of carbonyl (C=O) groups excluding carboxylic acids is 1. The lowest BCUT2D eigenvalue weighted by Gasteiger charge is -1.99. The summed E-state index contributed by atoms with van der Waals surface area (Å²) in [5.41, 5.74) is 0.861. The minimum atomic E-state index is 0.105. The molecule has 0 aliphatic heterocycles. The molecule has 0 unspecified atom stereocenters. The second kappa shape index (κ2) is 3.92. The Bertz CT molecular complexity index is 287. The third kappa shape index (κ3) is 2.84. The molecule has 0 atom stereocenters. The van der Waals surface area contributed by atoms with Crippen LogP contribution in [0, 0.1) is 0 Å². The van der Waals surface area contributed by atoms with Crippen LogP contribution in [0.5, 0.6) is 0 Å². The summed E-state index contributed by atoms with van der Waals surface area (Å²) in [6, 6.07) is 5.14. The van der Waals surface area contributed by atoms with Crippen molar-refractivity contribution in [2.24, 2.45) is 0 Å². The van der Waals surface area contributed by atoms with E-state index in [1.54, 1.807) is 18.2 Å². The van der Waals surface area contributed by atoms with Crippen LogP contribution in [-0.4, -0.2) is 5.78 Å². The maximum Gasteiger partial charge on any atom is 0.134 e. The predicted molar refractivity (Wildman–Crippen MR) is 50.8 cm³/mol. The molecule has 0 heterocycles. The highest BCUT2D eigenvalue weighted by atomic mass is 35.5. The Morgan fingerprint density at radius 1 is 1.25 bits per heavy atom. The smallest absolute Gasteiger partial charge is 0.134 e. The zero-order valence-electron chi connectivity index (χ0n) is 6.60. The molecule has 0 saturated heterocycles. The SMILES string of the molecule is CC(=O)Cc1cc(Cl)cc(Cl)c1. The predicted octanol–water partition coefficient (Wildman–Crippen LogP) is 3.12. The maximum atomic E-state index is 10.7. The second-order valence-corrected chi connectivity index (χ2v) is 3.53. The standard InChI is InChI=1S/C9H8Cl2O/c1-6(12)2-7-3-8(10)5-9(11)4-7/h3-5H,2H2,1H3. The Kier molecular flexibility index (Phi) is 3.12. The Morgan fingerprint density at radius 2 is 1.75 bits per heavy atom. The minimum Gasteiger partial charge on any atom is -0.300 e. The number of rotatable bonds is 2. The van der Waals surface area contributed by atoms with Crippen LogP contribution >= 0.6 is 23.2 Å². The van der Waals surface area contributed by atoms with Gasteiger partial charge in [-0.05, 0) is 30.7 Å². The molecular weight excluding hydrogens is 195 g/mol. The summed E-state index contributed by atoms with van der Waals surface area (Å²) < 4.78 is 0. The van der Waals surface area contributed by atoms with Crippen molar-refractivity contribution in [1.29, 1.82) is 0 Å². The van der Waals surface area contributed by atoms with E-state index in [4.69, 9.17) is 23.2 Å². The second-order valence-electron chi connectivity index (χ2n) is 2.66. The summed E-state index contributed by atoms with van der Waals surface area (Å²) in [6.07, 6.45) is 0.389. The number of ketones is 1. The topological polar surface area (TPSA) is 17.1 Å². The molecule has 0 spiro atoms. The fourth-order valence-electron chi connectivity index (χ4n) is 1.00. The van der Waals surface area contributed by atoms with Crippen molar-refractivity contribution >= 4 is 29.0 Å². The molecule has 0 bridgehead atoms. The van der Waals surface area contributed by atoms with Gasteiger partial charge in [0.05, 0.1) is 0 Å². The molecule has 0 saturated carbocycles. The summed E-state index contributed by atoms with van der Waals surface area (Å²) >= 11 is 11.5. The lowest BCUT2D eigenvalue weighted by molar-refractivity contribution is -0.116. The summed E-state index contributed by atoms with van der Waals surface area (Å²) in [5, 5.41) is 1.14. The molecule has 0 radical (unpaired) electrons. The van der Waals surface area contributed by atoms with Crippen molar-refractivity contribution in [3.8, 4) is 0 Å². The summed E-state index contributed by atoms with van der Waals surface area (Å²) in [7, 11) is 0. The van der Waals surface area contributed by atoms with Crippen molar-refractivity contribution in [3.63, 3.8) is 0 Å². The van der Waals surface area contributed by atoms with Crippen molar-refractivity contribution < 1.29 is 4.79 Å². The van der Waals surface area contributed by atoms with Crippen LogP contribution < -0.4 is 0 Å². The van der Waals surface area contributed by atoms with Crippen molar-refractivity contribution in [1.82, 2.24) is 0 Å². The van der Waals surface area contributed by atoms with Gasteiger partial charge >= 0.3 is 0 Å². The number of benzene rings is 1. The van der Waals surface area contributed by atoms with E-state index in [0.717, 1.165) is 5.56 Å². The van der Waals surface area contributed by atoms with E-state index in [1.165, 1.54) is 6.92 Å². The van der Waals surface area contributed by atoms with Gasteiger partial charge in [-0.15, -0.1) is 0 Å². The number of Topliss-reactive ketones (excluding diaryl/α,β-unsaturated/α-hetero) is 1. The Balaban J connectivity index is 2.93. The zero-order chi connectivity index (χ0) is 9.14. The van der Waals surface area contributed by atoms with Gasteiger partial charge in [-0.2, -0.15) is 0 Å². The Labute approximate surface area is 81.3 Å². The fourth-order valence-corrected chi connectivity index (χ4v) is 1.57. The molecule has 0 aliphatic carbocycles. The Hall–Kier alpha value is -0.530. The van der Waals surface area contributed by atoms with Crippen molar-refractivity contribution in [3.05, 3.63) is 33.8 Å². The zero-order valence-corrected chi connectivity index (χ0v) is 8.12. The number of halogens is 2. The monoisotopic (exact) mass is 202 g/mol. The van der Waals surface area contributed by atoms with Crippen LogP contribution in [0.2, 0.25) is 10.0 Å². The summed E-state index contributed by atoms with van der Waals surface area (Å²) in [4.78, 5) is 10.7. The first-order chi connectivity index (χ1) is 5.58. The minimum absolute atomic E-state index is 0.105. The van der Waals surface area contributed by atoms with E-state index in [2.05, 4.69) is 0 Å². The quantitative estimate of drug-likeness (QED) is 0.721. The molecule has 3 heteroatoms. The molecule has 1 aromatic rings. The van der Waals surface area contributed by atoms with Gasteiger partial charge in [0.1, 0.15) is 5.78 Å². The lowest BCUT2D eigenvalue weighted by Crippen LogP contribution is -1.95. The van der Waals surface area contributed by atoms with Crippen LogP contribution in [0.3, 0.4) is 0 Å². The first-order valence-corrected chi connectivity index (χ1v) is 4.28. The molecule has 1 rings (SSSR count). The number of hydrogen-bond donors (Lipinski definition) is 0. The highest BCUT2D eigenvalue weighted by Crippen LogP contribution is 2.19. The largest absolute Gasteiger partial charge is 0.300 e.